The molecule has 1 aromatic carbocycles. The van der Waals surface area contributed by atoms with Gasteiger partial charge in [0.05, 0.1) is 6.61 Å². The summed E-state index contributed by atoms with van der Waals surface area (Å²) in [5.41, 5.74) is 3.50. The van der Waals surface area contributed by atoms with Crippen molar-refractivity contribution in [3.8, 4) is 0 Å². The van der Waals surface area contributed by atoms with Crippen molar-refractivity contribution < 1.29 is 5.11 Å². The Labute approximate surface area is 97.2 Å². The third-order valence-electron chi connectivity index (χ3n) is 3.07. The van der Waals surface area contributed by atoms with Crippen LogP contribution < -0.4 is 4.90 Å². The van der Waals surface area contributed by atoms with Gasteiger partial charge in [-0.2, -0.15) is 0 Å². The molecule has 2 heteroatoms. The Morgan fingerprint density at radius 2 is 2.25 bits per heavy atom. The van der Waals surface area contributed by atoms with E-state index in [1.165, 1.54) is 24.1 Å². The summed E-state index contributed by atoms with van der Waals surface area (Å²) < 4.78 is 0. The number of aliphatic hydroxyl groups is 1. The van der Waals surface area contributed by atoms with Crippen LogP contribution in [0.3, 0.4) is 0 Å². The molecule has 16 heavy (non-hydrogen) atoms. The molecule has 1 N–H and O–H groups in total. The molecule has 0 heterocycles. The molecule has 0 aromatic heterocycles. The van der Waals surface area contributed by atoms with E-state index in [9.17, 15) is 0 Å². The molecule has 1 aliphatic rings. The maximum atomic E-state index is 9.09. The molecule has 0 radical (unpaired) electrons. The van der Waals surface area contributed by atoms with Crippen molar-refractivity contribution in [1.82, 2.24) is 0 Å². The molecule has 0 spiro atoms. The zero-order valence-corrected chi connectivity index (χ0v) is 9.82. The lowest BCUT2D eigenvalue weighted by Gasteiger charge is -2.25. The summed E-state index contributed by atoms with van der Waals surface area (Å²) in [5, 5.41) is 9.09. The molecule has 0 saturated heterocycles. The van der Waals surface area contributed by atoms with Gasteiger partial charge >= 0.3 is 0 Å². The van der Waals surface area contributed by atoms with Crippen molar-refractivity contribution in [2.24, 2.45) is 0 Å². The van der Waals surface area contributed by atoms with Gasteiger partial charge in [0.15, 0.2) is 0 Å². The highest BCUT2D eigenvalue weighted by Gasteiger charge is 2.29. The topological polar surface area (TPSA) is 23.5 Å². The molecule has 2 nitrogen and oxygen atoms in total. The molecule has 1 aliphatic carbocycles. The maximum absolute atomic E-state index is 9.09. The molecule has 0 atom stereocenters. The van der Waals surface area contributed by atoms with E-state index >= 15 is 0 Å². The molecule has 1 saturated carbocycles. The Morgan fingerprint density at radius 1 is 1.50 bits per heavy atom. The van der Waals surface area contributed by atoms with Gasteiger partial charge in [-0.25, -0.2) is 0 Å². The van der Waals surface area contributed by atoms with Crippen molar-refractivity contribution in [1.29, 1.82) is 0 Å². The molecular formula is C14H19NO. The van der Waals surface area contributed by atoms with Gasteiger partial charge in [0, 0.05) is 18.3 Å². The highest BCUT2D eigenvalue weighted by atomic mass is 16.3. The molecule has 0 amide bonds. The fraction of sp³-hybridized carbons (Fsp3) is 0.429. The molecule has 1 fully saturated rings. The Balaban J connectivity index is 2.26. The van der Waals surface area contributed by atoms with Gasteiger partial charge in [0.2, 0.25) is 0 Å². The zero-order valence-electron chi connectivity index (χ0n) is 9.82. The number of hydrogen-bond donors (Lipinski definition) is 1. The van der Waals surface area contributed by atoms with E-state index in [1.807, 2.05) is 12.1 Å². The molecule has 0 aliphatic heterocycles. The fourth-order valence-electron chi connectivity index (χ4n) is 2.11. The number of hydrogen-bond acceptors (Lipinski definition) is 2. The predicted molar refractivity (Wildman–Crippen MR) is 67.7 cm³/mol. The van der Waals surface area contributed by atoms with Crippen LogP contribution in [-0.4, -0.2) is 17.7 Å². The van der Waals surface area contributed by atoms with Crippen LogP contribution in [0.2, 0.25) is 0 Å². The van der Waals surface area contributed by atoms with E-state index in [2.05, 4.69) is 30.5 Å². The highest BCUT2D eigenvalue weighted by Crippen LogP contribution is 2.33. The number of aliphatic hydroxyl groups excluding tert-OH is 1. The summed E-state index contributed by atoms with van der Waals surface area (Å²) in [4.78, 5) is 2.41. The van der Waals surface area contributed by atoms with Crippen LogP contribution in [0, 0.1) is 6.92 Å². The third-order valence-corrected chi connectivity index (χ3v) is 3.07. The van der Waals surface area contributed by atoms with Gasteiger partial charge in [-0.15, -0.1) is 6.58 Å². The summed E-state index contributed by atoms with van der Waals surface area (Å²) in [6, 6.07) is 6.87. The first-order valence-electron chi connectivity index (χ1n) is 5.84. The molecule has 0 unspecified atom stereocenters. The van der Waals surface area contributed by atoms with Crippen LogP contribution in [0.25, 0.3) is 0 Å². The molecule has 86 valence electrons. The van der Waals surface area contributed by atoms with E-state index < -0.39 is 0 Å². The van der Waals surface area contributed by atoms with Crippen LogP contribution in [0.5, 0.6) is 0 Å². The minimum atomic E-state index is 0.117. The van der Waals surface area contributed by atoms with Crippen LogP contribution in [0.15, 0.2) is 30.9 Å². The zero-order chi connectivity index (χ0) is 11.5. The monoisotopic (exact) mass is 217 g/mol. The lowest BCUT2D eigenvalue weighted by molar-refractivity contribution is 0.282. The minimum Gasteiger partial charge on any atom is -0.392 e. The second kappa shape index (κ2) is 4.71. The molecular weight excluding hydrogens is 198 g/mol. The van der Waals surface area contributed by atoms with Crippen LogP contribution in [0.4, 0.5) is 5.69 Å². The number of benzene rings is 1. The first kappa shape index (κ1) is 11.2. The lowest BCUT2D eigenvalue weighted by Crippen LogP contribution is -2.26. The highest BCUT2D eigenvalue weighted by molar-refractivity contribution is 5.56. The summed E-state index contributed by atoms with van der Waals surface area (Å²) in [6.45, 7) is 6.95. The minimum absolute atomic E-state index is 0.117. The number of nitrogens with zero attached hydrogens (tertiary/aromatic N) is 1. The first-order valence-corrected chi connectivity index (χ1v) is 5.84. The predicted octanol–water partition coefficient (Wildman–Crippen LogP) is 2.64. The van der Waals surface area contributed by atoms with E-state index in [-0.39, 0.29) is 6.61 Å². The Hall–Kier alpha value is -1.28. The van der Waals surface area contributed by atoms with Gasteiger partial charge in [0.1, 0.15) is 0 Å². The van der Waals surface area contributed by atoms with Crippen molar-refractivity contribution in [3.05, 3.63) is 42.0 Å². The van der Waals surface area contributed by atoms with Gasteiger partial charge in [-0.05, 0) is 37.0 Å². The van der Waals surface area contributed by atoms with Crippen LogP contribution in [0.1, 0.15) is 24.0 Å². The molecule has 2 rings (SSSR count). The number of anilines is 1. The number of rotatable bonds is 5. The fourth-order valence-corrected chi connectivity index (χ4v) is 2.11. The van der Waals surface area contributed by atoms with Gasteiger partial charge in [0.25, 0.3) is 0 Å². The largest absolute Gasteiger partial charge is 0.392 e. The van der Waals surface area contributed by atoms with Crippen molar-refractivity contribution in [2.75, 3.05) is 11.4 Å². The summed E-state index contributed by atoms with van der Waals surface area (Å²) in [5.74, 6) is 0. The van der Waals surface area contributed by atoms with Crippen molar-refractivity contribution in [2.45, 2.75) is 32.4 Å². The average Bonchev–Trinajstić information content (AvgIpc) is 3.10. The average molecular weight is 217 g/mol. The maximum Gasteiger partial charge on any atom is 0.0681 e. The molecule has 1 aromatic rings. The third kappa shape index (κ3) is 2.27. The van der Waals surface area contributed by atoms with E-state index in [0.29, 0.717) is 6.04 Å². The Bertz CT molecular complexity index is 382. The second-order valence-corrected chi connectivity index (χ2v) is 4.45. The Morgan fingerprint density at radius 3 is 2.75 bits per heavy atom. The molecule has 0 bridgehead atoms. The standard InChI is InChI=1S/C14H19NO/c1-3-8-15(13-5-6-13)14-7-4-12(10-16)9-11(14)2/h3-4,7,9,13,16H,1,5-6,8,10H2,2H3. The summed E-state index contributed by atoms with van der Waals surface area (Å²) >= 11 is 0. The van der Waals surface area contributed by atoms with Gasteiger partial charge < -0.3 is 10.0 Å². The van der Waals surface area contributed by atoms with Crippen LogP contribution >= 0.6 is 0 Å². The SMILES string of the molecule is C=CCN(c1ccc(CO)cc1C)C1CC1. The van der Waals surface area contributed by atoms with Crippen molar-refractivity contribution >= 4 is 5.69 Å². The summed E-state index contributed by atoms with van der Waals surface area (Å²) in [6.07, 6.45) is 4.53. The van der Waals surface area contributed by atoms with Gasteiger partial charge in [-0.3, -0.25) is 0 Å². The van der Waals surface area contributed by atoms with E-state index in [0.717, 1.165) is 12.1 Å². The number of aryl methyl sites for hydroxylation is 1. The quantitative estimate of drug-likeness (QED) is 0.766. The second-order valence-electron chi connectivity index (χ2n) is 4.45. The van der Waals surface area contributed by atoms with E-state index in [1.54, 1.807) is 0 Å². The smallest absolute Gasteiger partial charge is 0.0681 e. The first-order chi connectivity index (χ1) is 7.76. The lowest BCUT2D eigenvalue weighted by atomic mass is 10.1. The van der Waals surface area contributed by atoms with Crippen molar-refractivity contribution in [3.63, 3.8) is 0 Å². The van der Waals surface area contributed by atoms with Gasteiger partial charge in [-0.1, -0.05) is 18.2 Å². The normalized spacial score (nSPS) is 14.9. The summed E-state index contributed by atoms with van der Waals surface area (Å²) in [7, 11) is 0. The van der Waals surface area contributed by atoms with E-state index in [4.69, 9.17) is 5.11 Å². The van der Waals surface area contributed by atoms with Crippen LogP contribution in [-0.2, 0) is 6.61 Å². The Kier molecular flexibility index (Phi) is 3.30.